The number of aryl methyl sites for hydroxylation is 1. The monoisotopic (exact) mass is 319 g/mol. The van der Waals surface area contributed by atoms with Crippen LogP contribution in [0.15, 0.2) is 24.4 Å². The molecule has 0 aliphatic rings. The molecule has 1 heterocycles. The fraction of sp³-hybridized carbons (Fsp3) is 0.375. The molecule has 0 aliphatic carbocycles. The first-order chi connectivity index (χ1) is 11.1. The lowest BCUT2D eigenvalue weighted by Crippen LogP contribution is -2.06. The minimum atomic E-state index is -1.05. The Hall–Kier alpha value is -2.54. The van der Waals surface area contributed by atoms with Gasteiger partial charge in [-0.3, -0.25) is 4.68 Å². The van der Waals surface area contributed by atoms with Gasteiger partial charge in [0.2, 0.25) is 0 Å². The van der Waals surface area contributed by atoms with Crippen LogP contribution >= 0.6 is 0 Å². The van der Waals surface area contributed by atoms with Gasteiger partial charge >= 0.3 is 5.97 Å². The third-order valence-corrected chi connectivity index (χ3v) is 3.42. The molecule has 2 rings (SSSR count). The standard InChI is InChI=1S/C16H21N3O4/c1-4-19-9-13(15(18-19)16(20)21)17-8-11-5-6-14(23-3)12(7-11)10-22-2/h5-7,9,17H,4,8,10H2,1-3H3,(H,20,21). The van der Waals surface area contributed by atoms with Crippen molar-refractivity contribution in [2.24, 2.45) is 0 Å². The van der Waals surface area contributed by atoms with E-state index in [1.54, 1.807) is 25.1 Å². The molecule has 0 radical (unpaired) electrons. The number of aromatic nitrogens is 2. The SMILES string of the molecule is CCn1cc(NCc2ccc(OC)c(COC)c2)c(C(=O)O)n1. The molecule has 2 aromatic rings. The van der Waals surface area contributed by atoms with Crippen molar-refractivity contribution in [1.82, 2.24) is 9.78 Å². The molecule has 2 N–H and O–H groups in total. The smallest absolute Gasteiger partial charge is 0.358 e. The van der Waals surface area contributed by atoms with Crippen molar-refractivity contribution >= 4 is 11.7 Å². The van der Waals surface area contributed by atoms with E-state index in [1.165, 1.54) is 0 Å². The van der Waals surface area contributed by atoms with E-state index in [0.29, 0.717) is 25.4 Å². The van der Waals surface area contributed by atoms with Crippen molar-refractivity contribution < 1.29 is 19.4 Å². The van der Waals surface area contributed by atoms with Crippen LogP contribution in [-0.4, -0.2) is 35.1 Å². The Morgan fingerprint density at radius 3 is 2.78 bits per heavy atom. The van der Waals surface area contributed by atoms with Crippen LogP contribution in [0.2, 0.25) is 0 Å². The maximum absolute atomic E-state index is 11.2. The van der Waals surface area contributed by atoms with Gasteiger partial charge < -0.3 is 19.9 Å². The van der Waals surface area contributed by atoms with Crippen molar-refractivity contribution in [3.05, 3.63) is 41.2 Å². The Bertz CT molecular complexity index is 682. The quantitative estimate of drug-likeness (QED) is 0.777. The molecule has 0 atom stereocenters. The number of rotatable bonds is 8. The molecule has 0 aliphatic heterocycles. The highest BCUT2D eigenvalue weighted by molar-refractivity contribution is 5.91. The zero-order valence-corrected chi connectivity index (χ0v) is 13.5. The van der Waals surface area contributed by atoms with Gasteiger partial charge in [-0.15, -0.1) is 0 Å². The van der Waals surface area contributed by atoms with Crippen LogP contribution in [-0.2, 0) is 24.4 Å². The molecule has 0 fully saturated rings. The van der Waals surface area contributed by atoms with Crippen molar-refractivity contribution in [1.29, 1.82) is 0 Å². The summed E-state index contributed by atoms with van der Waals surface area (Å²) in [5.41, 5.74) is 2.47. The lowest BCUT2D eigenvalue weighted by atomic mass is 10.1. The zero-order chi connectivity index (χ0) is 16.8. The van der Waals surface area contributed by atoms with Crippen LogP contribution in [0.1, 0.15) is 28.5 Å². The van der Waals surface area contributed by atoms with E-state index in [-0.39, 0.29) is 5.69 Å². The van der Waals surface area contributed by atoms with Gasteiger partial charge in [-0.05, 0) is 24.6 Å². The molecule has 7 heteroatoms. The summed E-state index contributed by atoms with van der Waals surface area (Å²) < 4.78 is 12.1. The van der Waals surface area contributed by atoms with Crippen LogP contribution in [0.5, 0.6) is 5.75 Å². The van der Waals surface area contributed by atoms with Gasteiger partial charge in [0, 0.05) is 32.0 Å². The van der Waals surface area contributed by atoms with Gasteiger partial charge in [0.15, 0.2) is 5.69 Å². The highest BCUT2D eigenvalue weighted by atomic mass is 16.5. The van der Waals surface area contributed by atoms with E-state index in [1.807, 2.05) is 25.1 Å². The lowest BCUT2D eigenvalue weighted by Gasteiger charge is -2.11. The Balaban J connectivity index is 2.16. The molecular formula is C16H21N3O4. The maximum Gasteiger partial charge on any atom is 0.358 e. The summed E-state index contributed by atoms with van der Waals surface area (Å²) in [4.78, 5) is 11.2. The Labute approximate surface area is 134 Å². The van der Waals surface area contributed by atoms with Crippen LogP contribution < -0.4 is 10.1 Å². The van der Waals surface area contributed by atoms with Gasteiger partial charge in [0.1, 0.15) is 5.75 Å². The van der Waals surface area contributed by atoms with Crippen LogP contribution in [0.25, 0.3) is 0 Å². The van der Waals surface area contributed by atoms with Gasteiger partial charge in [-0.1, -0.05) is 6.07 Å². The topological polar surface area (TPSA) is 85.6 Å². The van der Waals surface area contributed by atoms with E-state index in [0.717, 1.165) is 16.9 Å². The molecule has 0 bridgehead atoms. The van der Waals surface area contributed by atoms with Gasteiger partial charge in [0.05, 0.1) is 19.4 Å². The zero-order valence-electron chi connectivity index (χ0n) is 13.5. The number of anilines is 1. The molecule has 7 nitrogen and oxygen atoms in total. The average Bonchev–Trinajstić information content (AvgIpc) is 2.97. The molecule has 0 saturated heterocycles. The minimum absolute atomic E-state index is 0.0254. The van der Waals surface area contributed by atoms with E-state index < -0.39 is 5.97 Å². The number of hydrogen-bond acceptors (Lipinski definition) is 5. The average molecular weight is 319 g/mol. The summed E-state index contributed by atoms with van der Waals surface area (Å²) in [5, 5.41) is 16.4. The van der Waals surface area contributed by atoms with E-state index in [4.69, 9.17) is 9.47 Å². The summed E-state index contributed by atoms with van der Waals surface area (Å²) in [5.74, 6) is -0.282. The fourth-order valence-corrected chi connectivity index (χ4v) is 2.28. The van der Waals surface area contributed by atoms with Gasteiger partial charge in [-0.2, -0.15) is 5.10 Å². The number of ether oxygens (including phenoxy) is 2. The lowest BCUT2D eigenvalue weighted by molar-refractivity contribution is 0.0690. The molecular weight excluding hydrogens is 298 g/mol. The van der Waals surface area contributed by atoms with Crippen molar-refractivity contribution in [2.45, 2.75) is 26.6 Å². The first kappa shape index (κ1) is 16.8. The van der Waals surface area contributed by atoms with E-state index in [2.05, 4.69) is 10.4 Å². The molecule has 0 unspecified atom stereocenters. The molecule has 0 saturated carbocycles. The fourth-order valence-electron chi connectivity index (χ4n) is 2.28. The number of carboxylic acid groups (broad SMARTS) is 1. The Kier molecular flexibility index (Phi) is 5.59. The van der Waals surface area contributed by atoms with Gasteiger partial charge in [-0.25, -0.2) is 4.79 Å². The predicted molar refractivity (Wildman–Crippen MR) is 85.9 cm³/mol. The molecule has 23 heavy (non-hydrogen) atoms. The number of nitrogens with one attached hydrogen (secondary N) is 1. The third kappa shape index (κ3) is 4.01. The van der Waals surface area contributed by atoms with Crippen molar-refractivity contribution in [3.8, 4) is 5.75 Å². The number of aromatic carboxylic acids is 1. The summed E-state index contributed by atoms with van der Waals surface area (Å²) in [6, 6.07) is 5.77. The number of nitrogens with zero attached hydrogens (tertiary/aromatic N) is 2. The summed E-state index contributed by atoms with van der Waals surface area (Å²) in [7, 11) is 3.24. The molecule has 124 valence electrons. The minimum Gasteiger partial charge on any atom is -0.496 e. The second-order valence-electron chi connectivity index (χ2n) is 4.98. The van der Waals surface area contributed by atoms with Crippen molar-refractivity contribution in [2.75, 3.05) is 19.5 Å². The molecule has 1 aromatic carbocycles. The van der Waals surface area contributed by atoms with Crippen LogP contribution in [0.4, 0.5) is 5.69 Å². The number of benzene rings is 1. The Morgan fingerprint density at radius 2 is 2.17 bits per heavy atom. The molecule has 0 amide bonds. The third-order valence-electron chi connectivity index (χ3n) is 3.42. The first-order valence-corrected chi connectivity index (χ1v) is 7.28. The highest BCUT2D eigenvalue weighted by Gasteiger charge is 2.15. The Morgan fingerprint density at radius 1 is 1.39 bits per heavy atom. The van der Waals surface area contributed by atoms with Crippen LogP contribution in [0, 0.1) is 0 Å². The number of carboxylic acids is 1. The number of carbonyl (C=O) groups is 1. The van der Waals surface area contributed by atoms with Gasteiger partial charge in [0.25, 0.3) is 0 Å². The summed E-state index contributed by atoms with van der Waals surface area (Å²) >= 11 is 0. The normalized spacial score (nSPS) is 10.6. The van der Waals surface area contributed by atoms with E-state index in [9.17, 15) is 9.90 Å². The second kappa shape index (κ2) is 7.64. The molecule has 1 aromatic heterocycles. The molecule has 0 spiro atoms. The van der Waals surface area contributed by atoms with Crippen molar-refractivity contribution in [3.63, 3.8) is 0 Å². The maximum atomic E-state index is 11.2. The summed E-state index contributed by atoms with van der Waals surface area (Å²) in [6.45, 7) is 3.45. The number of methoxy groups -OCH3 is 2. The van der Waals surface area contributed by atoms with E-state index >= 15 is 0 Å². The first-order valence-electron chi connectivity index (χ1n) is 7.28. The number of hydrogen-bond donors (Lipinski definition) is 2. The summed E-state index contributed by atoms with van der Waals surface area (Å²) in [6.07, 6.45) is 1.70. The highest BCUT2D eigenvalue weighted by Crippen LogP contribution is 2.22. The van der Waals surface area contributed by atoms with Crippen LogP contribution in [0.3, 0.4) is 0 Å². The largest absolute Gasteiger partial charge is 0.496 e. The predicted octanol–water partition coefficient (Wildman–Crippen LogP) is 2.37. The second-order valence-corrected chi connectivity index (χ2v) is 4.98.